The smallest absolute Gasteiger partial charge is 0.139 e. The highest BCUT2D eigenvalue weighted by molar-refractivity contribution is 5.90. The lowest BCUT2D eigenvalue weighted by Crippen LogP contribution is -2.56. The zero-order valence-electron chi connectivity index (χ0n) is 9.63. The monoisotopic (exact) mass is 230 g/mol. The third-order valence-electron chi connectivity index (χ3n) is 3.03. The first kappa shape index (κ1) is 10.3. The second-order valence-corrected chi connectivity index (χ2v) is 4.25. The summed E-state index contributed by atoms with van der Waals surface area (Å²) in [7, 11) is 1.65. The van der Waals surface area contributed by atoms with Crippen molar-refractivity contribution < 1.29 is 4.74 Å². The number of nitrogens with zero attached hydrogens (tertiary/aromatic N) is 3. The predicted molar refractivity (Wildman–Crippen MR) is 66.3 cm³/mol. The van der Waals surface area contributed by atoms with Crippen molar-refractivity contribution >= 4 is 16.7 Å². The molecule has 5 nitrogen and oxygen atoms in total. The van der Waals surface area contributed by atoms with Crippen LogP contribution in [0.5, 0.6) is 5.75 Å². The molecule has 1 aliphatic rings. The first-order valence-electron chi connectivity index (χ1n) is 5.57. The number of rotatable bonds is 2. The molecule has 88 valence electrons. The summed E-state index contributed by atoms with van der Waals surface area (Å²) in [5.41, 5.74) is 6.69. The van der Waals surface area contributed by atoms with E-state index < -0.39 is 0 Å². The molecule has 0 atom stereocenters. The lowest BCUT2D eigenvalue weighted by molar-refractivity contribution is 0.415. The van der Waals surface area contributed by atoms with Gasteiger partial charge in [-0.2, -0.15) is 0 Å². The minimum absolute atomic E-state index is 0.262. The Morgan fingerprint density at radius 2 is 2.18 bits per heavy atom. The summed E-state index contributed by atoms with van der Waals surface area (Å²) in [4.78, 5) is 10.8. The van der Waals surface area contributed by atoms with Gasteiger partial charge in [-0.25, -0.2) is 9.97 Å². The fraction of sp³-hybridized carbons (Fsp3) is 0.333. The minimum Gasteiger partial charge on any atom is -0.497 e. The van der Waals surface area contributed by atoms with Gasteiger partial charge in [0.15, 0.2) is 0 Å². The molecule has 2 N–H and O–H groups in total. The van der Waals surface area contributed by atoms with Gasteiger partial charge in [0, 0.05) is 30.6 Å². The number of anilines is 1. The molecule has 1 aromatic carbocycles. The van der Waals surface area contributed by atoms with Crippen LogP contribution >= 0.6 is 0 Å². The van der Waals surface area contributed by atoms with E-state index in [2.05, 4.69) is 14.9 Å². The van der Waals surface area contributed by atoms with Crippen molar-refractivity contribution in [1.82, 2.24) is 9.97 Å². The SMILES string of the molecule is COc1ccc2c(N3CC(N)C3)ncnc2c1. The third-order valence-corrected chi connectivity index (χ3v) is 3.03. The zero-order chi connectivity index (χ0) is 11.8. The summed E-state index contributed by atoms with van der Waals surface area (Å²) >= 11 is 0. The molecule has 0 radical (unpaired) electrons. The van der Waals surface area contributed by atoms with Gasteiger partial charge in [0.2, 0.25) is 0 Å². The molecule has 1 aromatic heterocycles. The van der Waals surface area contributed by atoms with Gasteiger partial charge in [-0.05, 0) is 12.1 Å². The van der Waals surface area contributed by atoms with Gasteiger partial charge < -0.3 is 15.4 Å². The van der Waals surface area contributed by atoms with Crippen molar-refractivity contribution in [2.24, 2.45) is 5.73 Å². The molecule has 0 amide bonds. The zero-order valence-corrected chi connectivity index (χ0v) is 9.63. The van der Waals surface area contributed by atoms with Crippen LogP contribution < -0.4 is 15.4 Å². The number of nitrogens with two attached hydrogens (primary N) is 1. The number of methoxy groups -OCH3 is 1. The van der Waals surface area contributed by atoms with Gasteiger partial charge in [0.05, 0.1) is 12.6 Å². The Kier molecular flexibility index (Phi) is 2.33. The van der Waals surface area contributed by atoms with Crippen LogP contribution in [-0.2, 0) is 0 Å². The van der Waals surface area contributed by atoms with E-state index in [1.165, 1.54) is 0 Å². The molecule has 1 fully saturated rings. The Morgan fingerprint density at radius 3 is 2.88 bits per heavy atom. The quantitative estimate of drug-likeness (QED) is 0.826. The van der Waals surface area contributed by atoms with Crippen LogP contribution in [0.3, 0.4) is 0 Å². The number of hydrogen-bond donors (Lipinski definition) is 1. The van der Waals surface area contributed by atoms with Crippen molar-refractivity contribution in [3.8, 4) is 5.75 Å². The molecule has 0 saturated carbocycles. The van der Waals surface area contributed by atoms with Crippen molar-refractivity contribution in [3.05, 3.63) is 24.5 Å². The molecule has 5 heteroatoms. The molecule has 1 saturated heterocycles. The molecule has 0 bridgehead atoms. The van der Waals surface area contributed by atoms with Gasteiger partial charge in [-0.15, -0.1) is 0 Å². The number of aromatic nitrogens is 2. The summed E-state index contributed by atoms with van der Waals surface area (Å²) in [6.07, 6.45) is 1.58. The van der Waals surface area contributed by atoms with Crippen LogP contribution in [0, 0.1) is 0 Å². The Bertz CT molecular complexity index is 551. The Morgan fingerprint density at radius 1 is 1.35 bits per heavy atom. The summed E-state index contributed by atoms with van der Waals surface area (Å²) in [5.74, 6) is 1.77. The molecule has 2 aromatic rings. The average molecular weight is 230 g/mol. The second kappa shape index (κ2) is 3.85. The van der Waals surface area contributed by atoms with E-state index >= 15 is 0 Å². The van der Waals surface area contributed by atoms with Crippen LogP contribution in [0.15, 0.2) is 24.5 Å². The number of fused-ring (bicyclic) bond motifs is 1. The highest BCUT2D eigenvalue weighted by Crippen LogP contribution is 2.28. The second-order valence-electron chi connectivity index (χ2n) is 4.25. The van der Waals surface area contributed by atoms with Crippen LogP contribution in [0.1, 0.15) is 0 Å². The van der Waals surface area contributed by atoms with E-state index in [0.29, 0.717) is 0 Å². The molecule has 3 rings (SSSR count). The van der Waals surface area contributed by atoms with Crippen molar-refractivity contribution in [3.63, 3.8) is 0 Å². The molecule has 0 unspecified atom stereocenters. The third kappa shape index (κ3) is 1.68. The maximum absolute atomic E-state index is 5.79. The lowest BCUT2D eigenvalue weighted by atomic mass is 10.1. The first-order valence-corrected chi connectivity index (χ1v) is 5.57. The van der Waals surface area contributed by atoms with Crippen molar-refractivity contribution in [1.29, 1.82) is 0 Å². The Balaban J connectivity index is 2.07. The number of hydrogen-bond acceptors (Lipinski definition) is 5. The van der Waals surface area contributed by atoms with E-state index in [0.717, 1.165) is 35.6 Å². The minimum atomic E-state index is 0.262. The summed E-state index contributed by atoms with van der Waals surface area (Å²) in [6, 6.07) is 6.10. The maximum Gasteiger partial charge on any atom is 0.139 e. The van der Waals surface area contributed by atoms with Crippen molar-refractivity contribution in [2.45, 2.75) is 6.04 Å². The molecule has 1 aliphatic heterocycles. The fourth-order valence-corrected chi connectivity index (χ4v) is 2.09. The molecule has 17 heavy (non-hydrogen) atoms. The molecule has 0 spiro atoms. The van der Waals surface area contributed by atoms with E-state index in [1.54, 1.807) is 13.4 Å². The first-order chi connectivity index (χ1) is 8.28. The highest BCUT2D eigenvalue weighted by atomic mass is 16.5. The topological polar surface area (TPSA) is 64.3 Å². The van der Waals surface area contributed by atoms with Crippen LogP contribution in [0.4, 0.5) is 5.82 Å². The summed E-state index contributed by atoms with van der Waals surface area (Å²) < 4.78 is 5.19. The van der Waals surface area contributed by atoms with Crippen LogP contribution in [0.2, 0.25) is 0 Å². The Labute approximate surface area is 99.2 Å². The van der Waals surface area contributed by atoms with Crippen molar-refractivity contribution in [2.75, 3.05) is 25.1 Å². The lowest BCUT2D eigenvalue weighted by Gasteiger charge is -2.38. The molecule has 2 heterocycles. The van der Waals surface area contributed by atoms with E-state index in [9.17, 15) is 0 Å². The number of benzene rings is 1. The normalized spacial score (nSPS) is 16.0. The van der Waals surface area contributed by atoms with Crippen LogP contribution in [-0.4, -0.2) is 36.2 Å². The van der Waals surface area contributed by atoms with E-state index in [4.69, 9.17) is 10.5 Å². The molecular weight excluding hydrogens is 216 g/mol. The van der Waals surface area contributed by atoms with Crippen LogP contribution in [0.25, 0.3) is 10.9 Å². The largest absolute Gasteiger partial charge is 0.497 e. The predicted octanol–water partition coefficient (Wildman–Crippen LogP) is 0.786. The van der Waals surface area contributed by atoms with Gasteiger partial charge in [0.1, 0.15) is 17.9 Å². The summed E-state index contributed by atoms with van der Waals surface area (Å²) in [6.45, 7) is 1.72. The van der Waals surface area contributed by atoms with Gasteiger partial charge in [-0.1, -0.05) is 0 Å². The van der Waals surface area contributed by atoms with Gasteiger partial charge in [0.25, 0.3) is 0 Å². The molecule has 0 aliphatic carbocycles. The van der Waals surface area contributed by atoms with Gasteiger partial charge >= 0.3 is 0 Å². The Hall–Kier alpha value is -1.88. The average Bonchev–Trinajstić information content (AvgIpc) is 2.33. The van der Waals surface area contributed by atoms with Gasteiger partial charge in [-0.3, -0.25) is 0 Å². The van der Waals surface area contributed by atoms with E-state index in [-0.39, 0.29) is 6.04 Å². The standard InChI is InChI=1S/C12H14N4O/c1-17-9-2-3-10-11(4-9)14-7-15-12(10)16-5-8(13)6-16/h2-4,7-8H,5-6,13H2,1H3. The van der Waals surface area contributed by atoms with E-state index in [1.807, 2.05) is 18.2 Å². The highest BCUT2D eigenvalue weighted by Gasteiger charge is 2.25. The fourth-order valence-electron chi connectivity index (χ4n) is 2.09. The maximum atomic E-state index is 5.79. The number of ether oxygens (including phenoxy) is 1. The molecular formula is C12H14N4O. The summed E-state index contributed by atoms with van der Waals surface area (Å²) in [5, 5.41) is 1.04.